The van der Waals surface area contributed by atoms with Crippen molar-refractivity contribution >= 4 is 0 Å². The number of nitrogens with zero attached hydrogens (tertiary/aromatic N) is 1. The molecule has 0 saturated carbocycles. The van der Waals surface area contributed by atoms with Gasteiger partial charge in [0.25, 0.3) is 0 Å². The fourth-order valence-corrected chi connectivity index (χ4v) is 1.46. The second-order valence-electron chi connectivity index (χ2n) is 4.57. The standard InChI is InChI=1S/C14H19FN2O/c1-4-7-17-14(3,9-16)10-18-12-5-6-13(15)11(2)8-12/h5-6,8,17H,4,7,10H2,1-3H3. The predicted molar refractivity (Wildman–Crippen MR) is 68.9 cm³/mol. The highest BCUT2D eigenvalue weighted by Gasteiger charge is 2.23. The van der Waals surface area contributed by atoms with E-state index in [0.29, 0.717) is 11.3 Å². The van der Waals surface area contributed by atoms with Crippen LogP contribution in [0.5, 0.6) is 5.75 Å². The lowest BCUT2D eigenvalue weighted by Crippen LogP contribution is -2.46. The van der Waals surface area contributed by atoms with Crippen LogP contribution in [0.15, 0.2) is 18.2 Å². The Morgan fingerprint density at radius 3 is 2.78 bits per heavy atom. The smallest absolute Gasteiger partial charge is 0.138 e. The Morgan fingerprint density at radius 2 is 2.22 bits per heavy atom. The summed E-state index contributed by atoms with van der Waals surface area (Å²) in [4.78, 5) is 0. The Balaban J connectivity index is 2.62. The molecule has 0 aliphatic rings. The van der Waals surface area contributed by atoms with Gasteiger partial charge in [0.05, 0.1) is 6.07 Å². The van der Waals surface area contributed by atoms with Crippen molar-refractivity contribution in [3.8, 4) is 11.8 Å². The number of benzene rings is 1. The van der Waals surface area contributed by atoms with Crippen LogP contribution in [-0.4, -0.2) is 18.7 Å². The van der Waals surface area contributed by atoms with Gasteiger partial charge in [-0.3, -0.25) is 5.32 Å². The van der Waals surface area contributed by atoms with Gasteiger partial charge in [0.15, 0.2) is 0 Å². The third kappa shape index (κ3) is 4.01. The van der Waals surface area contributed by atoms with Crippen molar-refractivity contribution in [2.24, 2.45) is 0 Å². The molecule has 0 spiro atoms. The summed E-state index contributed by atoms with van der Waals surface area (Å²) in [5.74, 6) is 0.322. The number of hydrogen-bond donors (Lipinski definition) is 1. The minimum absolute atomic E-state index is 0.231. The highest BCUT2D eigenvalue weighted by Crippen LogP contribution is 2.17. The largest absolute Gasteiger partial charge is 0.491 e. The third-order valence-corrected chi connectivity index (χ3v) is 2.67. The highest BCUT2D eigenvalue weighted by molar-refractivity contribution is 5.29. The average molecular weight is 250 g/mol. The Kier molecular flexibility index (Phi) is 5.11. The quantitative estimate of drug-likeness (QED) is 0.844. The second-order valence-corrected chi connectivity index (χ2v) is 4.57. The fourth-order valence-electron chi connectivity index (χ4n) is 1.46. The van der Waals surface area contributed by atoms with Gasteiger partial charge in [-0.15, -0.1) is 0 Å². The van der Waals surface area contributed by atoms with Gasteiger partial charge in [0.2, 0.25) is 0 Å². The van der Waals surface area contributed by atoms with Crippen LogP contribution in [0.2, 0.25) is 0 Å². The number of ether oxygens (including phenoxy) is 1. The molecular weight excluding hydrogens is 231 g/mol. The van der Waals surface area contributed by atoms with Crippen molar-refractivity contribution in [3.05, 3.63) is 29.6 Å². The zero-order chi connectivity index (χ0) is 13.6. The lowest BCUT2D eigenvalue weighted by Gasteiger charge is -2.23. The van der Waals surface area contributed by atoms with Crippen LogP contribution in [0.4, 0.5) is 4.39 Å². The van der Waals surface area contributed by atoms with Gasteiger partial charge in [-0.25, -0.2) is 4.39 Å². The summed E-state index contributed by atoms with van der Waals surface area (Å²) in [7, 11) is 0. The molecule has 0 aromatic heterocycles. The van der Waals surface area contributed by atoms with Crippen molar-refractivity contribution < 1.29 is 9.13 Å². The minimum Gasteiger partial charge on any atom is -0.491 e. The molecule has 0 aliphatic carbocycles. The molecule has 98 valence electrons. The molecule has 18 heavy (non-hydrogen) atoms. The molecule has 1 unspecified atom stereocenters. The molecule has 1 rings (SSSR count). The van der Waals surface area contributed by atoms with E-state index in [1.807, 2.05) is 6.92 Å². The molecule has 1 aromatic rings. The van der Waals surface area contributed by atoms with Crippen LogP contribution in [-0.2, 0) is 0 Å². The SMILES string of the molecule is CCCNC(C)(C#N)COc1ccc(F)c(C)c1. The number of rotatable bonds is 6. The molecule has 1 aromatic carbocycles. The molecule has 1 atom stereocenters. The first kappa shape index (κ1) is 14.5. The van der Waals surface area contributed by atoms with E-state index >= 15 is 0 Å². The van der Waals surface area contributed by atoms with Crippen molar-refractivity contribution in [1.82, 2.24) is 5.32 Å². The van der Waals surface area contributed by atoms with Crippen LogP contribution in [0.3, 0.4) is 0 Å². The van der Waals surface area contributed by atoms with E-state index in [2.05, 4.69) is 11.4 Å². The first-order valence-electron chi connectivity index (χ1n) is 6.06. The molecule has 0 heterocycles. The second kappa shape index (κ2) is 6.36. The first-order valence-corrected chi connectivity index (χ1v) is 6.06. The molecule has 0 fully saturated rings. The van der Waals surface area contributed by atoms with Crippen LogP contribution >= 0.6 is 0 Å². The van der Waals surface area contributed by atoms with Crippen molar-refractivity contribution in [1.29, 1.82) is 5.26 Å². The van der Waals surface area contributed by atoms with E-state index in [0.717, 1.165) is 13.0 Å². The molecule has 0 radical (unpaired) electrons. The number of aryl methyl sites for hydroxylation is 1. The number of nitriles is 1. The minimum atomic E-state index is -0.724. The maximum Gasteiger partial charge on any atom is 0.138 e. The Bertz CT molecular complexity index is 442. The molecule has 0 saturated heterocycles. The van der Waals surface area contributed by atoms with Crippen molar-refractivity contribution in [2.75, 3.05) is 13.2 Å². The summed E-state index contributed by atoms with van der Waals surface area (Å²) in [5.41, 5.74) is -0.189. The molecule has 0 amide bonds. The number of halogens is 1. The molecule has 4 heteroatoms. The van der Waals surface area contributed by atoms with Gasteiger partial charge in [0.1, 0.15) is 23.7 Å². The number of nitrogens with one attached hydrogen (secondary N) is 1. The van der Waals surface area contributed by atoms with Gasteiger partial charge in [0, 0.05) is 0 Å². The zero-order valence-electron chi connectivity index (χ0n) is 11.1. The van der Waals surface area contributed by atoms with Gasteiger partial charge in [-0.1, -0.05) is 6.92 Å². The summed E-state index contributed by atoms with van der Waals surface area (Å²) >= 11 is 0. The summed E-state index contributed by atoms with van der Waals surface area (Å²) in [6.07, 6.45) is 0.951. The summed E-state index contributed by atoms with van der Waals surface area (Å²) in [6.45, 7) is 6.50. The molecule has 0 bridgehead atoms. The average Bonchev–Trinajstić information content (AvgIpc) is 2.38. The summed E-state index contributed by atoms with van der Waals surface area (Å²) in [5, 5.41) is 12.3. The summed E-state index contributed by atoms with van der Waals surface area (Å²) < 4.78 is 18.6. The van der Waals surface area contributed by atoms with Crippen LogP contribution in [0.1, 0.15) is 25.8 Å². The fraction of sp³-hybridized carbons (Fsp3) is 0.500. The van der Waals surface area contributed by atoms with E-state index in [1.54, 1.807) is 26.0 Å². The normalized spacial score (nSPS) is 13.7. The maximum absolute atomic E-state index is 13.1. The van der Waals surface area contributed by atoms with Gasteiger partial charge in [-0.05, 0) is 50.6 Å². The van der Waals surface area contributed by atoms with E-state index in [9.17, 15) is 4.39 Å². The van der Waals surface area contributed by atoms with Crippen LogP contribution in [0.25, 0.3) is 0 Å². The van der Waals surface area contributed by atoms with Gasteiger partial charge >= 0.3 is 0 Å². The predicted octanol–water partition coefficient (Wildman–Crippen LogP) is 2.79. The molecule has 3 nitrogen and oxygen atoms in total. The van der Waals surface area contributed by atoms with E-state index in [-0.39, 0.29) is 12.4 Å². The van der Waals surface area contributed by atoms with E-state index in [4.69, 9.17) is 10.00 Å². The monoisotopic (exact) mass is 250 g/mol. The Morgan fingerprint density at radius 1 is 1.50 bits per heavy atom. The van der Waals surface area contributed by atoms with Gasteiger partial charge in [-0.2, -0.15) is 5.26 Å². The topological polar surface area (TPSA) is 45.0 Å². The van der Waals surface area contributed by atoms with Crippen LogP contribution < -0.4 is 10.1 Å². The molecule has 0 aliphatic heterocycles. The lowest BCUT2D eigenvalue weighted by molar-refractivity contribution is 0.234. The van der Waals surface area contributed by atoms with Crippen molar-refractivity contribution in [3.63, 3.8) is 0 Å². The summed E-state index contributed by atoms with van der Waals surface area (Å²) in [6, 6.07) is 6.77. The lowest BCUT2D eigenvalue weighted by atomic mass is 10.1. The first-order chi connectivity index (χ1) is 8.50. The van der Waals surface area contributed by atoms with Crippen LogP contribution in [0, 0.1) is 24.1 Å². The third-order valence-electron chi connectivity index (χ3n) is 2.67. The zero-order valence-corrected chi connectivity index (χ0v) is 11.1. The van der Waals surface area contributed by atoms with Gasteiger partial charge < -0.3 is 4.74 Å². The van der Waals surface area contributed by atoms with E-state index in [1.165, 1.54) is 6.07 Å². The van der Waals surface area contributed by atoms with Crippen molar-refractivity contribution in [2.45, 2.75) is 32.7 Å². The number of hydrogen-bond acceptors (Lipinski definition) is 3. The molecule has 1 N–H and O–H groups in total. The Hall–Kier alpha value is -1.60. The van der Waals surface area contributed by atoms with E-state index < -0.39 is 5.54 Å². The molecular formula is C14H19FN2O. The Labute approximate surface area is 108 Å². The maximum atomic E-state index is 13.1. The highest BCUT2D eigenvalue weighted by atomic mass is 19.1.